The van der Waals surface area contributed by atoms with Gasteiger partial charge in [0.25, 0.3) is 5.91 Å². The summed E-state index contributed by atoms with van der Waals surface area (Å²) in [5, 5.41) is 20.5. The molecule has 1 atom stereocenters. The molecule has 1 saturated carbocycles. The van der Waals surface area contributed by atoms with Crippen LogP contribution in [0.4, 0.5) is 5.69 Å². The van der Waals surface area contributed by atoms with Crippen LogP contribution in [0.1, 0.15) is 71.3 Å². The van der Waals surface area contributed by atoms with Crippen LogP contribution in [0.25, 0.3) is 10.9 Å². The third-order valence-corrected chi connectivity index (χ3v) is 7.72. The first-order valence-corrected chi connectivity index (χ1v) is 14.2. The van der Waals surface area contributed by atoms with Crippen molar-refractivity contribution in [2.24, 2.45) is 5.92 Å². The molecule has 1 aliphatic rings. The Morgan fingerprint density at radius 2 is 1.90 bits per heavy atom. The quantitative estimate of drug-likeness (QED) is 0.221. The summed E-state index contributed by atoms with van der Waals surface area (Å²) < 4.78 is 3.78. The second kappa shape index (κ2) is 12.0. The molecule has 0 aliphatic heterocycles. The first-order chi connectivity index (χ1) is 19.7. The van der Waals surface area contributed by atoms with Gasteiger partial charge in [-0.2, -0.15) is 5.10 Å². The maximum absolute atomic E-state index is 13.6. The van der Waals surface area contributed by atoms with Gasteiger partial charge in [0.15, 0.2) is 0 Å². The minimum Gasteiger partial charge on any atom is -0.481 e. The highest BCUT2D eigenvalue weighted by Crippen LogP contribution is 2.29. The molecule has 0 saturated heterocycles. The van der Waals surface area contributed by atoms with Gasteiger partial charge in [0.1, 0.15) is 6.04 Å². The number of anilines is 1. The molecule has 4 aromatic rings. The van der Waals surface area contributed by atoms with Crippen LogP contribution >= 0.6 is 0 Å². The Balaban J connectivity index is 1.35. The van der Waals surface area contributed by atoms with Crippen molar-refractivity contribution in [2.45, 2.75) is 65.5 Å². The number of amides is 2. The van der Waals surface area contributed by atoms with E-state index in [4.69, 9.17) is 5.11 Å². The highest BCUT2D eigenvalue weighted by Gasteiger charge is 2.23. The number of carboxylic acid groups (broad SMARTS) is 1. The Labute approximate surface area is 239 Å². The van der Waals surface area contributed by atoms with Crippen molar-refractivity contribution in [3.05, 3.63) is 82.8 Å². The predicted molar refractivity (Wildman–Crippen MR) is 158 cm³/mol. The Bertz CT molecular complexity index is 1600. The molecule has 2 amide bonds. The van der Waals surface area contributed by atoms with E-state index in [-0.39, 0.29) is 18.2 Å². The van der Waals surface area contributed by atoms with E-state index in [1.54, 1.807) is 6.20 Å². The van der Waals surface area contributed by atoms with Crippen molar-refractivity contribution in [2.75, 3.05) is 11.9 Å². The fourth-order valence-corrected chi connectivity index (χ4v) is 5.14. The smallest absolute Gasteiger partial charge is 0.303 e. The largest absolute Gasteiger partial charge is 0.481 e. The summed E-state index contributed by atoms with van der Waals surface area (Å²) in [6, 6.07) is 11.0. The fraction of sp³-hybridized carbons (Fsp3) is 0.375. The molecular weight excluding hydrogens is 518 g/mol. The number of benzene rings is 2. The van der Waals surface area contributed by atoms with Crippen LogP contribution < -0.4 is 10.6 Å². The van der Waals surface area contributed by atoms with Crippen LogP contribution in [0.5, 0.6) is 0 Å². The zero-order chi connectivity index (χ0) is 29.1. The van der Waals surface area contributed by atoms with E-state index in [0.717, 1.165) is 39.7 Å². The fourth-order valence-electron chi connectivity index (χ4n) is 5.14. The van der Waals surface area contributed by atoms with Gasteiger partial charge < -0.3 is 20.3 Å². The lowest BCUT2D eigenvalue weighted by Gasteiger charge is -2.18. The van der Waals surface area contributed by atoms with E-state index < -0.39 is 12.0 Å². The number of hydrogen-bond acceptors (Lipinski definition) is 4. The second-order valence-corrected chi connectivity index (χ2v) is 11.2. The molecule has 0 bridgehead atoms. The van der Waals surface area contributed by atoms with Crippen LogP contribution in [0.15, 0.2) is 55.0 Å². The lowest BCUT2D eigenvalue weighted by Crippen LogP contribution is -2.25. The number of fused-ring (bicyclic) bond motifs is 1. The lowest BCUT2D eigenvalue weighted by molar-refractivity contribution is -0.137. The third kappa shape index (κ3) is 6.85. The summed E-state index contributed by atoms with van der Waals surface area (Å²) >= 11 is 0. The molecule has 9 heteroatoms. The number of nitrogens with one attached hydrogen (secondary N) is 2. The molecule has 1 unspecified atom stereocenters. The maximum Gasteiger partial charge on any atom is 0.303 e. The SMILES string of the molecule is Cc1cnn(Cc2ccc(CCCC(=O)O)c(NC(=O)C(C)n3cc(C)c4cc(C(=O)NCC5CC5)ccc43)c2)c1. The molecule has 2 heterocycles. The Morgan fingerprint density at radius 1 is 1.10 bits per heavy atom. The zero-order valence-corrected chi connectivity index (χ0v) is 23.8. The molecule has 0 radical (unpaired) electrons. The molecular formula is C32H37N5O4. The van der Waals surface area contributed by atoms with Crippen molar-refractivity contribution in [3.8, 4) is 0 Å². The Hall–Kier alpha value is -4.40. The molecule has 1 fully saturated rings. The van der Waals surface area contributed by atoms with E-state index in [0.29, 0.717) is 36.6 Å². The molecule has 5 rings (SSSR count). The molecule has 214 valence electrons. The van der Waals surface area contributed by atoms with E-state index >= 15 is 0 Å². The van der Waals surface area contributed by atoms with Gasteiger partial charge in [0.2, 0.25) is 5.91 Å². The molecule has 1 aliphatic carbocycles. The molecule has 0 spiro atoms. The summed E-state index contributed by atoms with van der Waals surface area (Å²) in [7, 11) is 0. The highest BCUT2D eigenvalue weighted by atomic mass is 16.4. The summed E-state index contributed by atoms with van der Waals surface area (Å²) in [6.45, 7) is 7.09. The number of aromatic nitrogens is 3. The van der Waals surface area contributed by atoms with E-state index in [2.05, 4.69) is 15.7 Å². The van der Waals surface area contributed by atoms with Gasteiger partial charge in [0.05, 0.1) is 12.7 Å². The first kappa shape index (κ1) is 28.1. The van der Waals surface area contributed by atoms with Crippen molar-refractivity contribution in [3.63, 3.8) is 0 Å². The average molecular weight is 556 g/mol. The number of nitrogens with zero attached hydrogens (tertiary/aromatic N) is 3. The van der Waals surface area contributed by atoms with Gasteiger partial charge in [-0.05, 0) is 98.9 Å². The van der Waals surface area contributed by atoms with Crippen LogP contribution in [0.2, 0.25) is 0 Å². The number of carbonyl (C=O) groups is 3. The first-order valence-electron chi connectivity index (χ1n) is 14.2. The van der Waals surface area contributed by atoms with Crippen LogP contribution in [0, 0.1) is 19.8 Å². The number of aryl methyl sites for hydroxylation is 3. The third-order valence-electron chi connectivity index (χ3n) is 7.72. The van der Waals surface area contributed by atoms with Gasteiger partial charge >= 0.3 is 5.97 Å². The monoisotopic (exact) mass is 555 g/mol. The number of hydrogen-bond donors (Lipinski definition) is 3. The van der Waals surface area contributed by atoms with Crippen LogP contribution in [0.3, 0.4) is 0 Å². The van der Waals surface area contributed by atoms with Gasteiger partial charge in [-0.1, -0.05) is 12.1 Å². The normalized spacial score (nSPS) is 13.7. The standard InChI is InChI=1S/C32H37N5O4/c1-20-15-34-36(17-20)19-24-9-10-25(5-4-6-30(38)39)28(13-24)35-31(40)22(3)37-18-21(2)27-14-26(11-12-29(27)37)32(41)33-16-23-7-8-23/h9-15,17-18,22-23H,4-8,16,19H2,1-3H3,(H,33,41)(H,35,40)(H,38,39). The van der Waals surface area contributed by atoms with Crippen molar-refractivity contribution >= 4 is 34.4 Å². The number of aliphatic carboxylic acids is 1. The number of rotatable bonds is 12. The maximum atomic E-state index is 13.6. The van der Waals surface area contributed by atoms with E-state index in [1.165, 1.54) is 12.8 Å². The molecule has 2 aromatic heterocycles. The van der Waals surface area contributed by atoms with Gasteiger partial charge in [-0.15, -0.1) is 0 Å². The molecule has 2 aromatic carbocycles. The minimum atomic E-state index is -0.840. The lowest BCUT2D eigenvalue weighted by atomic mass is 10.0. The number of carbonyl (C=O) groups excluding carboxylic acids is 2. The van der Waals surface area contributed by atoms with Crippen molar-refractivity contribution in [1.82, 2.24) is 19.7 Å². The molecule has 3 N–H and O–H groups in total. The summed E-state index contributed by atoms with van der Waals surface area (Å²) in [4.78, 5) is 37.3. The summed E-state index contributed by atoms with van der Waals surface area (Å²) in [5.41, 5.74) is 6.10. The van der Waals surface area contributed by atoms with Gasteiger partial charge in [-0.25, -0.2) is 0 Å². The highest BCUT2D eigenvalue weighted by molar-refractivity contribution is 6.00. The number of carboxylic acids is 1. The van der Waals surface area contributed by atoms with Crippen LogP contribution in [-0.4, -0.2) is 43.8 Å². The topological polar surface area (TPSA) is 118 Å². The van der Waals surface area contributed by atoms with Gasteiger partial charge in [-0.3, -0.25) is 19.1 Å². The average Bonchev–Trinajstić information content (AvgIpc) is 3.60. The Morgan fingerprint density at radius 3 is 2.61 bits per heavy atom. The zero-order valence-electron chi connectivity index (χ0n) is 23.8. The summed E-state index contributed by atoms with van der Waals surface area (Å²) in [5.74, 6) is -0.483. The molecule has 41 heavy (non-hydrogen) atoms. The van der Waals surface area contributed by atoms with Gasteiger partial charge in [0, 0.05) is 47.5 Å². The predicted octanol–water partition coefficient (Wildman–Crippen LogP) is 5.25. The van der Waals surface area contributed by atoms with Crippen LogP contribution in [-0.2, 0) is 22.6 Å². The minimum absolute atomic E-state index is 0.0628. The van der Waals surface area contributed by atoms with Crippen molar-refractivity contribution in [1.29, 1.82) is 0 Å². The van der Waals surface area contributed by atoms with E-state index in [9.17, 15) is 14.4 Å². The molecule has 9 nitrogen and oxygen atoms in total. The summed E-state index contributed by atoms with van der Waals surface area (Å²) in [6.07, 6.45) is 9.15. The Kier molecular flexibility index (Phi) is 8.23. The van der Waals surface area contributed by atoms with Crippen molar-refractivity contribution < 1.29 is 19.5 Å². The second-order valence-electron chi connectivity index (χ2n) is 11.2. The van der Waals surface area contributed by atoms with E-state index in [1.807, 2.05) is 78.8 Å².